The lowest BCUT2D eigenvalue weighted by molar-refractivity contribution is -0.121. The van der Waals surface area contributed by atoms with Crippen LogP contribution in [0.2, 0.25) is 5.02 Å². The molecule has 0 saturated heterocycles. The van der Waals surface area contributed by atoms with Gasteiger partial charge in [-0.25, -0.2) is 4.39 Å². The van der Waals surface area contributed by atoms with E-state index >= 15 is 0 Å². The minimum atomic E-state index is -0.455. The number of hydrogen-bond donors (Lipinski definition) is 1. The van der Waals surface area contributed by atoms with Gasteiger partial charge in [0.25, 0.3) is 0 Å². The third-order valence-corrected chi connectivity index (χ3v) is 4.46. The lowest BCUT2D eigenvalue weighted by Gasteiger charge is -2.15. The number of carbonyl (C=O) groups excluding carboxylic acids is 1. The molecule has 1 aliphatic heterocycles. The zero-order chi connectivity index (χ0) is 17.1. The molecule has 5 heteroatoms. The van der Waals surface area contributed by atoms with E-state index in [4.69, 9.17) is 16.3 Å². The smallest absolute Gasteiger partial charge is 0.224 e. The van der Waals surface area contributed by atoms with Gasteiger partial charge in [0, 0.05) is 23.0 Å². The van der Waals surface area contributed by atoms with Crippen molar-refractivity contribution in [1.82, 2.24) is 5.32 Å². The first-order valence-electron chi connectivity index (χ1n) is 8.00. The fraction of sp³-hybridized carbons (Fsp3) is 0.316. The molecule has 3 rings (SSSR count). The number of ether oxygens (including phenoxy) is 1. The van der Waals surface area contributed by atoms with Crippen molar-refractivity contribution >= 4 is 17.5 Å². The molecule has 2 aromatic rings. The minimum Gasteiger partial charge on any atom is -0.493 e. The third kappa shape index (κ3) is 3.88. The summed E-state index contributed by atoms with van der Waals surface area (Å²) >= 11 is 5.96. The van der Waals surface area contributed by atoms with Crippen LogP contribution in [0.5, 0.6) is 5.75 Å². The summed E-state index contributed by atoms with van der Waals surface area (Å²) in [6.07, 6.45) is 1.58. The fourth-order valence-corrected chi connectivity index (χ4v) is 3.19. The highest BCUT2D eigenvalue weighted by Crippen LogP contribution is 2.26. The van der Waals surface area contributed by atoms with Gasteiger partial charge in [-0.15, -0.1) is 0 Å². The Bertz CT molecular complexity index is 743. The molecule has 1 N–H and O–H groups in total. The number of benzene rings is 2. The van der Waals surface area contributed by atoms with Gasteiger partial charge in [0.05, 0.1) is 13.0 Å². The van der Waals surface area contributed by atoms with Crippen molar-refractivity contribution in [3.63, 3.8) is 0 Å². The molecule has 1 atom stereocenters. The predicted molar refractivity (Wildman–Crippen MR) is 92.1 cm³/mol. The minimum absolute atomic E-state index is 0.0524. The Kier molecular flexibility index (Phi) is 5.05. The third-order valence-electron chi connectivity index (χ3n) is 4.10. The summed E-state index contributed by atoms with van der Waals surface area (Å²) in [5.41, 5.74) is 2.60. The summed E-state index contributed by atoms with van der Waals surface area (Å²) in [6.45, 7) is 2.67. The van der Waals surface area contributed by atoms with Gasteiger partial charge in [-0.1, -0.05) is 29.8 Å². The molecule has 2 aromatic carbocycles. The van der Waals surface area contributed by atoms with Crippen molar-refractivity contribution in [2.75, 3.05) is 6.61 Å². The molecule has 0 saturated carbocycles. The van der Waals surface area contributed by atoms with Crippen molar-refractivity contribution in [3.05, 3.63) is 63.9 Å². The van der Waals surface area contributed by atoms with Gasteiger partial charge in [-0.3, -0.25) is 4.79 Å². The van der Waals surface area contributed by atoms with Crippen LogP contribution in [0.3, 0.4) is 0 Å². The second-order valence-electron chi connectivity index (χ2n) is 6.09. The Morgan fingerprint density at radius 1 is 1.38 bits per heavy atom. The Hall–Kier alpha value is -2.07. The quantitative estimate of drug-likeness (QED) is 0.895. The first-order valence-corrected chi connectivity index (χ1v) is 8.37. The highest BCUT2D eigenvalue weighted by atomic mass is 35.5. The number of amides is 1. The van der Waals surface area contributed by atoms with Crippen LogP contribution in [-0.2, 0) is 24.1 Å². The van der Waals surface area contributed by atoms with Crippen LogP contribution < -0.4 is 10.1 Å². The monoisotopic (exact) mass is 347 g/mol. The molecule has 1 heterocycles. The van der Waals surface area contributed by atoms with E-state index in [9.17, 15) is 9.18 Å². The zero-order valence-corrected chi connectivity index (χ0v) is 14.2. The van der Waals surface area contributed by atoms with Gasteiger partial charge in [0.2, 0.25) is 5.91 Å². The standard InChI is InChI=1S/C19H19ClFNO2/c1-12(9-13-5-6-18-14(10-13)7-8-24-18)22-19(23)11-15-16(20)3-2-4-17(15)21/h2-6,10,12H,7-9,11H2,1H3,(H,22,23)/t12-/m1/s1. The molecule has 1 aliphatic rings. The molecule has 0 aliphatic carbocycles. The van der Waals surface area contributed by atoms with Crippen molar-refractivity contribution in [2.24, 2.45) is 0 Å². The topological polar surface area (TPSA) is 38.3 Å². The number of fused-ring (bicyclic) bond motifs is 1. The molecule has 0 bridgehead atoms. The van der Waals surface area contributed by atoms with Crippen LogP contribution in [-0.4, -0.2) is 18.6 Å². The fourth-order valence-electron chi connectivity index (χ4n) is 2.96. The number of nitrogens with one attached hydrogen (secondary N) is 1. The van der Waals surface area contributed by atoms with Crippen molar-refractivity contribution in [3.8, 4) is 5.75 Å². The summed E-state index contributed by atoms with van der Waals surface area (Å²) in [5, 5.41) is 3.18. The zero-order valence-electron chi connectivity index (χ0n) is 13.4. The number of rotatable bonds is 5. The molecule has 0 spiro atoms. The Balaban J connectivity index is 1.58. The van der Waals surface area contributed by atoms with Gasteiger partial charge in [0.1, 0.15) is 11.6 Å². The molecular formula is C19H19ClFNO2. The highest BCUT2D eigenvalue weighted by molar-refractivity contribution is 6.31. The average molecular weight is 348 g/mol. The maximum absolute atomic E-state index is 13.7. The van der Waals surface area contributed by atoms with Gasteiger partial charge >= 0.3 is 0 Å². The van der Waals surface area contributed by atoms with E-state index in [1.54, 1.807) is 6.07 Å². The van der Waals surface area contributed by atoms with Gasteiger partial charge < -0.3 is 10.1 Å². The van der Waals surface area contributed by atoms with E-state index in [0.29, 0.717) is 6.42 Å². The molecule has 0 unspecified atom stereocenters. The van der Waals surface area contributed by atoms with E-state index in [0.717, 1.165) is 24.3 Å². The van der Waals surface area contributed by atoms with Crippen LogP contribution in [0.4, 0.5) is 4.39 Å². The Labute approximate surface area is 145 Å². The van der Waals surface area contributed by atoms with Gasteiger partial charge in [-0.05, 0) is 42.7 Å². The molecule has 1 amide bonds. The largest absolute Gasteiger partial charge is 0.493 e. The Morgan fingerprint density at radius 2 is 2.21 bits per heavy atom. The SMILES string of the molecule is C[C@H](Cc1ccc2c(c1)CCO2)NC(=O)Cc1c(F)cccc1Cl. The van der Waals surface area contributed by atoms with Crippen LogP contribution in [0, 0.1) is 5.82 Å². The summed E-state index contributed by atoms with van der Waals surface area (Å²) in [7, 11) is 0. The van der Waals surface area contributed by atoms with Crippen LogP contribution >= 0.6 is 11.6 Å². The lowest BCUT2D eigenvalue weighted by Crippen LogP contribution is -2.35. The number of hydrogen-bond acceptors (Lipinski definition) is 2. The molecular weight excluding hydrogens is 329 g/mol. The second-order valence-corrected chi connectivity index (χ2v) is 6.50. The van der Waals surface area contributed by atoms with E-state index < -0.39 is 5.82 Å². The maximum atomic E-state index is 13.7. The normalized spacial score (nSPS) is 14.0. The van der Waals surface area contributed by atoms with E-state index in [1.807, 2.05) is 19.1 Å². The second kappa shape index (κ2) is 7.22. The van der Waals surface area contributed by atoms with E-state index in [2.05, 4.69) is 11.4 Å². The van der Waals surface area contributed by atoms with Crippen LogP contribution in [0.15, 0.2) is 36.4 Å². The summed E-state index contributed by atoms with van der Waals surface area (Å²) in [5.74, 6) is 0.257. The van der Waals surface area contributed by atoms with Crippen molar-refractivity contribution in [2.45, 2.75) is 32.2 Å². The first kappa shape index (κ1) is 16.8. The molecule has 0 radical (unpaired) electrons. The van der Waals surface area contributed by atoms with E-state index in [1.165, 1.54) is 17.7 Å². The molecule has 126 valence electrons. The van der Waals surface area contributed by atoms with E-state index in [-0.39, 0.29) is 29.0 Å². The summed E-state index contributed by atoms with van der Waals surface area (Å²) in [6, 6.07) is 10.5. The van der Waals surface area contributed by atoms with Gasteiger partial charge in [0.15, 0.2) is 0 Å². The number of halogens is 2. The molecule has 24 heavy (non-hydrogen) atoms. The van der Waals surface area contributed by atoms with Gasteiger partial charge in [-0.2, -0.15) is 0 Å². The van der Waals surface area contributed by atoms with Crippen molar-refractivity contribution < 1.29 is 13.9 Å². The number of carbonyl (C=O) groups is 1. The summed E-state index contributed by atoms with van der Waals surface area (Å²) < 4.78 is 19.2. The average Bonchev–Trinajstić information content (AvgIpc) is 2.98. The summed E-state index contributed by atoms with van der Waals surface area (Å²) in [4.78, 5) is 12.1. The highest BCUT2D eigenvalue weighted by Gasteiger charge is 2.16. The lowest BCUT2D eigenvalue weighted by atomic mass is 10.0. The molecule has 0 fully saturated rings. The van der Waals surface area contributed by atoms with Crippen LogP contribution in [0.1, 0.15) is 23.6 Å². The molecule has 3 nitrogen and oxygen atoms in total. The Morgan fingerprint density at radius 3 is 3.00 bits per heavy atom. The molecule has 0 aromatic heterocycles. The predicted octanol–water partition coefficient (Wildman–Crippen LogP) is 3.70. The van der Waals surface area contributed by atoms with Crippen LogP contribution in [0.25, 0.3) is 0 Å². The maximum Gasteiger partial charge on any atom is 0.224 e. The van der Waals surface area contributed by atoms with Crippen molar-refractivity contribution in [1.29, 1.82) is 0 Å². The first-order chi connectivity index (χ1) is 11.5.